The maximum Gasteiger partial charge on any atom is 0.251 e. The minimum absolute atomic E-state index is 0.0594. The number of benzene rings is 3. The van der Waals surface area contributed by atoms with Gasteiger partial charge in [0, 0.05) is 43.4 Å². The molecule has 1 saturated heterocycles. The number of rotatable bonds is 9. The molecule has 3 heterocycles. The Balaban J connectivity index is 1.33. The predicted octanol–water partition coefficient (Wildman–Crippen LogP) is 4.21. The number of morpholine rings is 1. The second-order valence-corrected chi connectivity index (χ2v) is 10.2. The summed E-state index contributed by atoms with van der Waals surface area (Å²) in [6, 6.07) is 23.0. The zero-order valence-electron chi connectivity index (χ0n) is 23.3. The Kier molecular flexibility index (Phi) is 8.32. The van der Waals surface area contributed by atoms with Gasteiger partial charge < -0.3 is 19.9 Å². The second-order valence-electron chi connectivity index (χ2n) is 10.2. The summed E-state index contributed by atoms with van der Waals surface area (Å²) in [5, 5.41) is 11.3. The number of carbonyl (C=O) groups excluding carboxylic acids is 2. The number of pyridine rings is 1. The third kappa shape index (κ3) is 6.52. The topological polar surface area (TPSA) is 105 Å². The molecule has 1 atom stereocenters. The van der Waals surface area contributed by atoms with Gasteiger partial charge in [0.15, 0.2) is 0 Å². The van der Waals surface area contributed by atoms with E-state index < -0.39 is 23.7 Å². The quantitative estimate of drug-likeness (QED) is 0.279. The van der Waals surface area contributed by atoms with Gasteiger partial charge >= 0.3 is 0 Å². The first kappa shape index (κ1) is 28.0. The average molecular weight is 580 g/mol. The van der Waals surface area contributed by atoms with Crippen molar-refractivity contribution in [1.82, 2.24) is 24.9 Å². The van der Waals surface area contributed by atoms with Crippen molar-refractivity contribution < 1.29 is 18.7 Å². The van der Waals surface area contributed by atoms with Crippen LogP contribution in [0.1, 0.15) is 17.2 Å². The van der Waals surface area contributed by atoms with Crippen LogP contribution in [-0.4, -0.2) is 63.0 Å². The van der Waals surface area contributed by atoms with Crippen molar-refractivity contribution in [1.29, 1.82) is 0 Å². The van der Waals surface area contributed by atoms with Crippen LogP contribution < -0.4 is 10.2 Å². The standard InChI is InChI=1S/C32H30FN7O3/c33-25-7-3-6-24(19-25)31(32(42)35-26-10-12-27(13-11-26)38-15-17-43-18-16-38)39(21-23-5-4-14-34-20-23)30(41)22-40-29-9-2-1-8-28(29)36-37-40/h1-14,19-20,31H,15-18,21-22H2,(H,35,42). The van der Waals surface area contributed by atoms with E-state index in [0.717, 1.165) is 18.8 Å². The zero-order valence-corrected chi connectivity index (χ0v) is 23.3. The highest BCUT2D eigenvalue weighted by Gasteiger charge is 2.33. The number of anilines is 2. The fourth-order valence-electron chi connectivity index (χ4n) is 5.20. The van der Waals surface area contributed by atoms with E-state index in [0.29, 0.717) is 41.1 Å². The monoisotopic (exact) mass is 579 g/mol. The number of ether oxygens (including phenoxy) is 1. The number of aromatic nitrogens is 4. The summed E-state index contributed by atoms with van der Waals surface area (Å²) in [5.41, 5.74) is 3.96. The molecule has 1 unspecified atom stereocenters. The van der Waals surface area contributed by atoms with Gasteiger partial charge in [-0.15, -0.1) is 5.10 Å². The van der Waals surface area contributed by atoms with Crippen molar-refractivity contribution in [2.75, 3.05) is 36.5 Å². The fraction of sp³-hybridized carbons (Fsp3) is 0.219. The minimum atomic E-state index is -1.16. The SMILES string of the molecule is O=C(Nc1ccc(N2CCOCC2)cc1)C(c1cccc(F)c1)N(Cc1cccnc1)C(=O)Cn1nnc2ccccc21. The molecule has 1 fully saturated rings. The number of nitrogens with one attached hydrogen (secondary N) is 1. The Morgan fingerprint density at radius 2 is 1.79 bits per heavy atom. The Labute approximate surface area is 247 Å². The number of carbonyl (C=O) groups is 2. The van der Waals surface area contributed by atoms with Crippen LogP contribution >= 0.6 is 0 Å². The third-order valence-corrected chi connectivity index (χ3v) is 7.34. The first-order valence-corrected chi connectivity index (χ1v) is 14.0. The van der Waals surface area contributed by atoms with Gasteiger partial charge in [0.1, 0.15) is 23.9 Å². The van der Waals surface area contributed by atoms with Crippen LogP contribution in [-0.2, 0) is 27.4 Å². The van der Waals surface area contributed by atoms with E-state index in [4.69, 9.17) is 4.74 Å². The molecule has 5 aromatic rings. The molecule has 2 aromatic heterocycles. The van der Waals surface area contributed by atoms with Crippen LogP contribution in [0.25, 0.3) is 11.0 Å². The summed E-state index contributed by atoms with van der Waals surface area (Å²) in [4.78, 5) is 35.9. The fourth-order valence-corrected chi connectivity index (χ4v) is 5.20. The summed E-state index contributed by atoms with van der Waals surface area (Å²) in [6.07, 6.45) is 3.27. The normalized spacial score (nSPS) is 13.9. The van der Waals surface area contributed by atoms with Crippen LogP contribution in [0.4, 0.5) is 15.8 Å². The van der Waals surface area contributed by atoms with Gasteiger partial charge in [0.25, 0.3) is 5.91 Å². The number of para-hydroxylation sites is 1. The highest BCUT2D eigenvalue weighted by Crippen LogP contribution is 2.28. The maximum absolute atomic E-state index is 14.5. The number of amides is 2. The van der Waals surface area contributed by atoms with E-state index >= 15 is 0 Å². The van der Waals surface area contributed by atoms with Gasteiger partial charge in [-0.2, -0.15) is 0 Å². The van der Waals surface area contributed by atoms with E-state index in [2.05, 4.69) is 25.5 Å². The molecule has 0 saturated carbocycles. The van der Waals surface area contributed by atoms with Crippen LogP contribution in [0.5, 0.6) is 0 Å². The Hall–Kier alpha value is -5.16. The highest BCUT2D eigenvalue weighted by atomic mass is 19.1. The van der Waals surface area contributed by atoms with Crippen molar-refractivity contribution in [2.45, 2.75) is 19.1 Å². The molecule has 1 aliphatic rings. The van der Waals surface area contributed by atoms with Gasteiger partial charge in [0.05, 0.1) is 18.7 Å². The first-order valence-electron chi connectivity index (χ1n) is 14.0. The van der Waals surface area contributed by atoms with Crippen molar-refractivity contribution in [3.8, 4) is 0 Å². The van der Waals surface area contributed by atoms with E-state index in [1.807, 2.05) is 54.6 Å². The lowest BCUT2D eigenvalue weighted by atomic mass is 10.0. The molecule has 11 heteroatoms. The molecular weight excluding hydrogens is 549 g/mol. The second kappa shape index (κ2) is 12.8. The lowest BCUT2D eigenvalue weighted by molar-refractivity contribution is -0.140. The van der Waals surface area contributed by atoms with Gasteiger partial charge in [-0.1, -0.05) is 35.5 Å². The van der Waals surface area contributed by atoms with Gasteiger partial charge in [-0.05, 0) is 65.7 Å². The Morgan fingerprint density at radius 3 is 2.56 bits per heavy atom. The van der Waals surface area contributed by atoms with Crippen LogP contribution in [0, 0.1) is 5.82 Å². The van der Waals surface area contributed by atoms with Crippen molar-refractivity contribution >= 4 is 34.2 Å². The molecule has 0 radical (unpaired) electrons. The molecule has 1 N–H and O–H groups in total. The molecule has 6 rings (SSSR count). The summed E-state index contributed by atoms with van der Waals surface area (Å²) in [5.74, 6) is -1.39. The Bertz CT molecular complexity index is 1710. The van der Waals surface area contributed by atoms with E-state index in [-0.39, 0.29) is 13.1 Å². The molecule has 10 nitrogen and oxygen atoms in total. The number of hydrogen-bond donors (Lipinski definition) is 1. The molecule has 3 aromatic carbocycles. The molecular formula is C32H30FN7O3. The van der Waals surface area contributed by atoms with Crippen molar-refractivity contribution in [3.63, 3.8) is 0 Å². The van der Waals surface area contributed by atoms with Crippen LogP contribution in [0.2, 0.25) is 0 Å². The smallest absolute Gasteiger partial charge is 0.251 e. The largest absolute Gasteiger partial charge is 0.378 e. The predicted molar refractivity (Wildman–Crippen MR) is 160 cm³/mol. The number of fused-ring (bicyclic) bond motifs is 1. The lowest BCUT2D eigenvalue weighted by Crippen LogP contribution is -2.42. The number of nitrogens with zero attached hydrogens (tertiary/aromatic N) is 6. The number of hydrogen-bond acceptors (Lipinski definition) is 7. The Morgan fingerprint density at radius 1 is 0.977 bits per heavy atom. The molecule has 1 aliphatic heterocycles. The first-order chi connectivity index (χ1) is 21.0. The molecule has 0 spiro atoms. The summed E-state index contributed by atoms with van der Waals surface area (Å²) in [6.45, 7) is 2.80. The van der Waals surface area contributed by atoms with E-state index in [9.17, 15) is 14.0 Å². The van der Waals surface area contributed by atoms with E-state index in [1.54, 1.807) is 24.5 Å². The third-order valence-electron chi connectivity index (χ3n) is 7.34. The molecule has 0 aliphatic carbocycles. The molecule has 2 amide bonds. The zero-order chi connectivity index (χ0) is 29.6. The van der Waals surface area contributed by atoms with Gasteiger partial charge in [0.2, 0.25) is 5.91 Å². The van der Waals surface area contributed by atoms with Crippen LogP contribution in [0.3, 0.4) is 0 Å². The van der Waals surface area contributed by atoms with Crippen LogP contribution in [0.15, 0.2) is 97.3 Å². The van der Waals surface area contributed by atoms with E-state index in [1.165, 1.54) is 27.8 Å². The van der Waals surface area contributed by atoms with Gasteiger partial charge in [-0.25, -0.2) is 9.07 Å². The van der Waals surface area contributed by atoms with Gasteiger partial charge in [-0.3, -0.25) is 14.6 Å². The summed E-state index contributed by atoms with van der Waals surface area (Å²) >= 11 is 0. The highest BCUT2D eigenvalue weighted by molar-refractivity contribution is 5.98. The molecule has 43 heavy (non-hydrogen) atoms. The summed E-state index contributed by atoms with van der Waals surface area (Å²) < 4.78 is 21.5. The lowest BCUT2D eigenvalue weighted by Gasteiger charge is -2.32. The maximum atomic E-state index is 14.5. The summed E-state index contributed by atoms with van der Waals surface area (Å²) in [7, 11) is 0. The molecule has 218 valence electrons. The number of halogens is 1. The van der Waals surface area contributed by atoms with Crippen molar-refractivity contribution in [3.05, 3.63) is 114 Å². The van der Waals surface area contributed by atoms with Crippen molar-refractivity contribution in [2.24, 2.45) is 0 Å². The average Bonchev–Trinajstić information content (AvgIpc) is 3.44. The molecule has 0 bridgehead atoms. The minimum Gasteiger partial charge on any atom is -0.378 e.